The minimum Gasteiger partial charge on any atom is -0.224 e. The molecule has 1 aromatic carbocycles. The number of hydrogen-bond donors (Lipinski definition) is 0. The standard InChI is InChI=1S/C9H8ClNO2S/c1-14(12,13)9-3-2-8(10)6-7(9)4-5-11/h2-3,6H,4H2,1H3. The molecule has 0 aliphatic heterocycles. The molecule has 0 N–H and O–H groups in total. The van der Waals surface area contributed by atoms with E-state index in [1.54, 1.807) is 0 Å². The number of nitriles is 1. The molecule has 0 amide bonds. The van der Waals surface area contributed by atoms with Gasteiger partial charge < -0.3 is 0 Å². The van der Waals surface area contributed by atoms with E-state index in [4.69, 9.17) is 16.9 Å². The van der Waals surface area contributed by atoms with Gasteiger partial charge in [-0.25, -0.2) is 8.42 Å². The molecule has 0 aromatic heterocycles. The minimum absolute atomic E-state index is 0.0446. The van der Waals surface area contributed by atoms with Crippen molar-refractivity contribution in [1.82, 2.24) is 0 Å². The fourth-order valence-electron chi connectivity index (χ4n) is 1.13. The van der Waals surface area contributed by atoms with Crippen LogP contribution in [0.5, 0.6) is 0 Å². The third-order valence-electron chi connectivity index (χ3n) is 1.69. The van der Waals surface area contributed by atoms with E-state index in [0.717, 1.165) is 6.26 Å². The van der Waals surface area contributed by atoms with Crippen LogP contribution in [0.3, 0.4) is 0 Å². The van der Waals surface area contributed by atoms with Gasteiger partial charge in [-0.3, -0.25) is 0 Å². The molecule has 0 atom stereocenters. The van der Waals surface area contributed by atoms with Gasteiger partial charge in [0.2, 0.25) is 0 Å². The Morgan fingerprint density at radius 2 is 2.14 bits per heavy atom. The zero-order valence-electron chi connectivity index (χ0n) is 7.49. The fraction of sp³-hybridized carbons (Fsp3) is 0.222. The Bertz CT molecular complexity index is 488. The summed E-state index contributed by atoms with van der Waals surface area (Å²) in [6, 6.07) is 6.32. The first-order valence-electron chi connectivity index (χ1n) is 3.80. The van der Waals surface area contributed by atoms with Crippen molar-refractivity contribution in [3.8, 4) is 6.07 Å². The molecule has 5 heteroatoms. The second-order valence-corrected chi connectivity index (χ2v) is 5.28. The van der Waals surface area contributed by atoms with Crippen LogP contribution in [0.2, 0.25) is 5.02 Å². The maximum atomic E-state index is 11.3. The highest BCUT2D eigenvalue weighted by Gasteiger charge is 2.12. The monoisotopic (exact) mass is 229 g/mol. The van der Waals surface area contributed by atoms with Gasteiger partial charge in [0, 0.05) is 11.3 Å². The van der Waals surface area contributed by atoms with Crippen molar-refractivity contribution in [2.45, 2.75) is 11.3 Å². The van der Waals surface area contributed by atoms with Gasteiger partial charge in [0.05, 0.1) is 17.4 Å². The van der Waals surface area contributed by atoms with Crippen LogP contribution >= 0.6 is 11.6 Å². The molecule has 14 heavy (non-hydrogen) atoms. The van der Waals surface area contributed by atoms with E-state index in [-0.39, 0.29) is 11.3 Å². The number of halogens is 1. The molecule has 0 aliphatic rings. The highest BCUT2D eigenvalue weighted by Crippen LogP contribution is 2.20. The molecule has 0 bridgehead atoms. The van der Waals surface area contributed by atoms with Gasteiger partial charge in [0.25, 0.3) is 0 Å². The highest BCUT2D eigenvalue weighted by molar-refractivity contribution is 7.90. The summed E-state index contributed by atoms with van der Waals surface area (Å²) in [5.74, 6) is 0. The Morgan fingerprint density at radius 1 is 1.50 bits per heavy atom. The minimum atomic E-state index is -3.28. The predicted molar refractivity (Wildman–Crippen MR) is 53.9 cm³/mol. The zero-order valence-corrected chi connectivity index (χ0v) is 9.06. The van der Waals surface area contributed by atoms with E-state index >= 15 is 0 Å². The fourth-order valence-corrected chi connectivity index (χ4v) is 2.25. The first-order valence-corrected chi connectivity index (χ1v) is 6.07. The SMILES string of the molecule is CS(=O)(=O)c1ccc(Cl)cc1CC#N. The van der Waals surface area contributed by atoms with E-state index in [2.05, 4.69) is 0 Å². The molecule has 3 nitrogen and oxygen atoms in total. The maximum absolute atomic E-state index is 11.3. The quantitative estimate of drug-likeness (QED) is 0.777. The summed E-state index contributed by atoms with van der Waals surface area (Å²) in [6.45, 7) is 0. The third-order valence-corrected chi connectivity index (χ3v) is 3.12. The molecule has 0 spiro atoms. The molecule has 0 saturated heterocycles. The molecule has 1 rings (SSSR count). The normalized spacial score (nSPS) is 10.9. The number of sulfone groups is 1. The lowest BCUT2D eigenvalue weighted by atomic mass is 10.2. The van der Waals surface area contributed by atoms with Crippen molar-refractivity contribution >= 4 is 21.4 Å². The molecular formula is C9H8ClNO2S. The Labute approximate surface area is 87.8 Å². The molecule has 0 saturated carbocycles. The molecule has 0 heterocycles. The van der Waals surface area contributed by atoms with Crippen LogP contribution in [-0.4, -0.2) is 14.7 Å². The van der Waals surface area contributed by atoms with Crippen molar-refractivity contribution in [3.05, 3.63) is 28.8 Å². The summed E-state index contributed by atoms with van der Waals surface area (Å²) < 4.78 is 22.6. The lowest BCUT2D eigenvalue weighted by Gasteiger charge is -2.04. The molecule has 0 aliphatic carbocycles. The Hall–Kier alpha value is -1.05. The van der Waals surface area contributed by atoms with Crippen LogP contribution in [0.25, 0.3) is 0 Å². The molecule has 1 aromatic rings. The molecule has 74 valence electrons. The van der Waals surface area contributed by atoms with Crippen LogP contribution in [0.15, 0.2) is 23.1 Å². The van der Waals surface area contributed by atoms with Crippen LogP contribution in [0, 0.1) is 11.3 Å². The Morgan fingerprint density at radius 3 is 2.64 bits per heavy atom. The van der Waals surface area contributed by atoms with E-state index in [1.165, 1.54) is 18.2 Å². The molecule has 0 unspecified atom stereocenters. The average Bonchev–Trinajstić information content (AvgIpc) is 2.02. The third kappa shape index (κ3) is 2.47. The summed E-state index contributed by atoms with van der Waals surface area (Å²) in [7, 11) is -3.28. The van der Waals surface area contributed by atoms with Crippen LogP contribution in [0.1, 0.15) is 5.56 Å². The first kappa shape index (κ1) is 11.0. The highest BCUT2D eigenvalue weighted by atomic mass is 35.5. The van der Waals surface area contributed by atoms with Gasteiger partial charge in [0.15, 0.2) is 9.84 Å². The molecule has 0 radical (unpaired) electrons. The maximum Gasteiger partial charge on any atom is 0.175 e. The number of rotatable bonds is 2. The van der Waals surface area contributed by atoms with Gasteiger partial charge in [-0.05, 0) is 23.8 Å². The van der Waals surface area contributed by atoms with Crippen molar-refractivity contribution in [2.75, 3.05) is 6.26 Å². The number of benzene rings is 1. The van der Waals surface area contributed by atoms with Crippen LogP contribution < -0.4 is 0 Å². The lowest BCUT2D eigenvalue weighted by Crippen LogP contribution is -2.01. The summed E-state index contributed by atoms with van der Waals surface area (Å²) in [5, 5.41) is 8.95. The van der Waals surface area contributed by atoms with E-state index in [0.29, 0.717) is 10.6 Å². The van der Waals surface area contributed by atoms with Gasteiger partial charge in [0.1, 0.15) is 0 Å². The summed E-state index contributed by atoms with van der Waals surface area (Å²) >= 11 is 5.70. The predicted octanol–water partition coefficient (Wildman–Crippen LogP) is 1.81. The van der Waals surface area contributed by atoms with E-state index in [1.807, 2.05) is 6.07 Å². The van der Waals surface area contributed by atoms with Crippen LogP contribution in [0.4, 0.5) is 0 Å². The van der Waals surface area contributed by atoms with Gasteiger partial charge in [-0.1, -0.05) is 11.6 Å². The number of hydrogen-bond acceptors (Lipinski definition) is 3. The second-order valence-electron chi connectivity index (χ2n) is 2.86. The zero-order chi connectivity index (χ0) is 10.8. The summed E-state index contributed by atoms with van der Waals surface area (Å²) in [6.07, 6.45) is 1.15. The summed E-state index contributed by atoms with van der Waals surface area (Å²) in [4.78, 5) is 0.170. The average molecular weight is 230 g/mol. The topological polar surface area (TPSA) is 57.9 Å². The van der Waals surface area contributed by atoms with E-state index in [9.17, 15) is 8.42 Å². The van der Waals surface area contributed by atoms with Crippen molar-refractivity contribution in [3.63, 3.8) is 0 Å². The smallest absolute Gasteiger partial charge is 0.175 e. The van der Waals surface area contributed by atoms with Crippen molar-refractivity contribution in [2.24, 2.45) is 0 Å². The lowest BCUT2D eigenvalue weighted by molar-refractivity contribution is 0.601. The summed E-state index contributed by atoms with van der Waals surface area (Å²) in [5.41, 5.74) is 0.447. The van der Waals surface area contributed by atoms with E-state index < -0.39 is 9.84 Å². The molecule has 0 fully saturated rings. The number of nitrogens with zero attached hydrogens (tertiary/aromatic N) is 1. The van der Waals surface area contributed by atoms with Crippen molar-refractivity contribution in [1.29, 1.82) is 5.26 Å². The van der Waals surface area contributed by atoms with Crippen molar-refractivity contribution < 1.29 is 8.42 Å². The van der Waals surface area contributed by atoms with Gasteiger partial charge in [-0.15, -0.1) is 0 Å². The van der Waals surface area contributed by atoms with Gasteiger partial charge in [-0.2, -0.15) is 5.26 Å². The Kier molecular flexibility index (Phi) is 3.14. The molecular weight excluding hydrogens is 222 g/mol. The largest absolute Gasteiger partial charge is 0.224 e. The van der Waals surface area contributed by atoms with Crippen LogP contribution in [-0.2, 0) is 16.3 Å². The van der Waals surface area contributed by atoms with Gasteiger partial charge >= 0.3 is 0 Å². The second kappa shape index (κ2) is 3.99. The first-order chi connectivity index (χ1) is 6.45. The Balaban J connectivity index is 3.38.